The highest BCUT2D eigenvalue weighted by molar-refractivity contribution is 7.90. The summed E-state index contributed by atoms with van der Waals surface area (Å²) in [5.41, 5.74) is 2.74. The van der Waals surface area contributed by atoms with E-state index >= 15 is 0 Å². The van der Waals surface area contributed by atoms with E-state index in [0.717, 1.165) is 16.7 Å². The third kappa shape index (κ3) is 6.52. The topological polar surface area (TPSA) is 63.6 Å². The summed E-state index contributed by atoms with van der Waals surface area (Å²) in [6, 6.07) is 16.9. The molecule has 0 aliphatic carbocycles. The lowest BCUT2D eigenvalue weighted by atomic mass is 10.2. The second-order valence-corrected chi connectivity index (χ2v) is 7.81. The van der Waals surface area contributed by atoms with E-state index in [0.29, 0.717) is 6.61 Å². The summed E-state index contributed by atoms with van der Waals surface area (Å²) in [4.78, 5) is 0. The van der Waals surface area contributed by atoms with Crippen LogP contribution in [0.1, 0.15) is 16.7 Å². The van der Waals surface area contributed by atoms with Gasteiger partial charge in [-0.05, 0) is 18.1 Å². The van der Waals surface area contributed by atoms with Gasteiger partial charge in [-0.25, -0.2) is 8.42 Å². The molecule has 2 aromatic carbocycles. The van der Waals surface area contributed by atoms with Gasteiger partial charge in [0.25, 0.3) is 0 Å². The van der Waals surface area contributed by atoms with E-state index in [-0.39, 0.29) is 18.1 Å². The van der Waals surface area contributed by atoms with Gasteiger partial charge in [0.15, 0.2) is 9.84 Å². The van der Waals surface area contributed by atoms with Crippen LogP contribution in [-0.2, 0) is 26.9 Å². The predicted molar refractivity (Wildman–Crippen MR) is 90.8 cm³/mol. The van der Waals surface area contributed by atoms with Gasteiger partial charge in [-0.15, -0.1) is 0 Å². The minimum atomic E-state index is -3.38. The van der Waals surface area contributed by atoms with Crippen LogP contribution in [0.5, 0.6) is 0 Å². The van der Waals surface area contributed by atoms with Crippen molar-refractivity contribution < 1.29 is 18.3 Å². The monoisotopic (exact) mass is 334 g/mol. The predicted octanol–water partition coefficient (Wildman–Crippen LogP) is 2.49. The minimum absolute atomic E-state index is 0.00193. The number of ether oxygens (including phenoxy) is 1. The van der Waals surface area contributed by atoms with Gasteiger partial charge in [-0.3, -0.25) is 0 Å². The number of benzene rings is 2. The van der Waals surface area contributed by atoms with Crippen molar-refractivity contribution in [3.8, 4) is 0 Å². The molecule has 1 atom stereocenters. The fourth-order valence-corrected chi connectivity index (χ4v) is 3.83. The summed E-state index contributed by atoms with van der Waals surface area (Å²) < 4.78 is 29.7. The van der Waals surface area contributed by atoms with E-state index in [1.165, 1.54) is 0 Å². The number of aryl methyl sites for hydroxylation is 1. The van der Waals surface area contributed by atoms with Crippen LogP contribution in [0.2, 0.25) is 0 Å². The van der Waals surface area contributed by atoms with Gasteiger partial charge in [0.05, 0.1) is 30.8 Å². The molecule has 0 spiro atoms. The van der Waals surface area contributed by atoms with Crippen LogP contribution in [0.3, 0.4) is 0 Å². The average Bonchev–Trinajstić information content (AvgIpc) is 2.47. The molecule has 1 unspecified atom stereocenters. The van der Waals surface area contributed by atoms with Crippen molar-refractivity contribution in [2.45, 2.75) is 25.4 Å². The van der Waals surface area contributed by atoms with Gasteiger partial charge in [0, 0.05) is 0 Å². The second kappa shape index (κ2) is 8.24. The van der Waals surface area contributed by atoms with Crippen molar-refractivity contribution in [2.24, 2.45) is 0 Å². The number of aliphatic hydroxyl groups is 1. The first-order valence-corrected chi connectivity index (χ1v) is 9.32. The molecule has 0 radical (unpaired) electrons. The molecule has 0 bridgehead atoms. The van der Waals surface area contributed by atoms with Gasteiger partial charge >= 0.3 is 0 Å². The van der Waals surface area contributed by atoms with Crippen molar-refractivity contribution in [1.29, 1.82) is 0 Å². The molecule has 0 saturated heterocycles. The van der Waals surface area contributed by atoms with Gasteiger partial charge in [0.1, 0.15) is 0 Å². The first-order valence-electron chi connectivity index (χ1n) is 7.50. The molecule has 124 valence electrons. The Balaban J connectivity index is 1.80. The maximum absolute atomic E-state index is 12.1. The fraction of sp³-hybridized carbons (Fsp3) is 0.333. The molecule has 1 N–H and O–H groups in total. The molecule has 2 aromatic rings. The maximum Gasteiger partial charge on any atom is 0.157 e. The second-order valence-electron chi connectivity index (χ2n) is 5.70. The zero-order valence-electron chi connectivity index (χ0n) is 13.2. The first kappa shape index (κ1) is 17.7. The van der Waals surface area contributed by atoms with Gasteiger partial charge in [-0.1, -0.05) is 60.2 Å². The summed E-state index contributed by atoms with van der Waals surface area (Å²) in [5.74, 6) is -0.361. The van der Waals surface area contributed by atoms with Crippen LogP contribution < -0.4 is 0 Å². The summed E-state index contributed by atoms with van der Waals surface area (Å²) in [7, 11) is -3.38. The Labute approximate surface area is 137 Å². The molecule has 4 nitrogen and oxygen atoms in total. The van der Waals surface area contributed by atoms with Crippen LogP contribution in [0.15, 0.2) is 54.6 Å². The van der Waals surface area contributed by atoms with Crippen LogP contribution in [0.4, 0.5) is 0 Å². The zero-order valence-corrected chi connectivity index (χ0v) is 14.0. The van der Waals surface area contributed by atoms with Crippen LogP contribution >= 0.6 is 0 Å². The van der Waals surface area contributed by atoms with Crippen molar-refractivity contribution in [2.75, 3.05) is 12.4 Å². The van der Waals surface area contributed by atoms with Crippen LogP contribution in [-0.4, -0.2) is 32.0 Å². The molecule has 0 aliphatic heterocycles. The number of hydrogen-bond acceptors (Lipinski definition) is 4. The lowest BCUT2D eigenvalue weighted by molar-refractivity contribution is 0.0390. The Hall–Kier alpha value is -1.69. The Bertz CT molecular complexity index is 711. The van der Waals surface area contributed by atoms with Crippen molar-refractivity contribution in [3.05, 3.63) is 71.3 Å². The number of rotatable bonds is 8. The first-order chi connectivity index (χ1) is 10.9. The van der Waals surface area contributed by atoms with E-state index in [2.05, 4.69) is 0 Å². The average molecular weight is 334 g/mol. The van der Waals surface area contributed by atoms with Crippen LogP contribution in [0.25, 0.3) is 0 Å². The van der Waals surface area contributed by atoms with E-state index < -0.39 is 15.9 Å². The Kier molecular flexibility index (Phi) is 6.33. The minimum Gasteiger partial charge on any atom is -0.390 e. The number of sulfone groups is 1. The molecule has 0 heterocycles. The molecule has 5 heteroatoms. The largest absolute Gasteiger partial charge is 0.390 e. The van der Waals surface area contributed by atoms with Crippen LogP contribution in [0, 0.1) is 6.92 Å². The standard InChI is InChI=1S/C18H22O4S/c1-15-6-5-9-17(10-15)13-23(20,21)14-18(19)12-22-11-16-7-3-2-4-8-16/h2-10,18-19H,11-14H2,1H3. The number of hydrogen-bond donors (Lipinski definition) is 1. The van der Waals surface area contributed by atoms with Crippen molar-refractivity contribution in [3.63, 3.8) is 0 Å². The molecule has 0 fully saturated rings. The number of aliphatic hydroxyl groups excluding tert-OH is 1. The summed E-state index contributed by atoms with van der Waals surface area (Å²) in [6.45, 7) is 2.28. The Morgan fingerprint density at radius 3 is 2.43 bits per heavy atom. The van der Waals surface area contributed by atoms with Crippen molar-refractivity contribution in [1.82, 2.24) is 0 Å². The molecule has 0 aromatic heterocycles. The Morgan fingerprint density at radius 1 is 1.04 bits per heavy atom. The molecule has 0 saturated carbocycles. The zero-order chi connectivity index (χ0) is 16.7. The lowest BCUT2D eigenvalue weighted by Crippen LogP contribution is -2.26. The summed E-state index contributed by atoms with van der Waals surface area (Å²) in [6.07, 6.45) is -1.02. The van der Waals surface area contributed by atoms with E-state index in [1.807, 2.05) is 55.5 Å². The van der Waals surface area contributed by atoms with Gasteiger partial charge in [-0.2, -0.15) is 0 Å². The molecule has 0 amide bonds. The fourth-order valence-electron chi connectivity index (χ4n) is 2.34. The molecule has 2 rings (SSSR count). The van der Waals surface area contributed by atoms with E-state index in [4.69, 9.17) is 4.74 Å². The van der Waals surface area contributed by atoms with E-state index in [1.54, 1.807) is 6.07 Å². The summed E-state index contributed by atoms with van der Waals surface area (Å²) in [5, 5.41) is 9.89. The van der Waals surface area contributed by atoms with E-state index in [9.17, 15) is 13.5 Å². The highest BCUT2D eigenvalue weighted by Gasteiger charge is 2.18. The quantitative estimate of drug-likeness (QED) is 0.805. The molecular formula is C18H22O4S. The summed E-state index contributed by atoms with van der Waals surface area (Å²) >= 11 is 0. The molecular weight excluding hydrogens is 312 g/mol. The smallest absolute Gasteiger partial charge is 0.157 e. The molecule has 23 heavy (non-hydrogen) atoms. The van der Waals surface area contributed by atoms with Gasteiger partial charge < -0.3 is 9.84 Å². The lowest BCUT2D eigenvalue weighted by Gasteiger charge is -2.12. The Morgan fingerprint density at radius 2 is 1.74 bits per heavy atom. The normalized spacial score (nSPS) is 13.0. The SMILES string of the molecule is Cc1cccc(CS(=O)(=O)CC(O)COCc2ccccc2)c1. The van der Waals surface area contributed by atoms with Crippen molar-refractivity contribution >= 4 is 9.84 Å². The highest BCUT2D eigenvalue weighted by atomic mass is 32.2. The van der Waals surface area contributed by atoms with Gasteiger partial charge in [0.2, 0.25) is 0 Å². The maximum atomic E-state index is 12.1. The molecule has 0 aliphatic rings. The third-order valence-electron chi connectivity index (χ3n) is 3.34. The third-order valence-corrected chi connectivity index (χ3v) is 5.00. The highest BCUT2D eigenvalue weighted by Crippen LogP contribution is 2.10.